The molecule has 4 rings (SSSR count). The van der Waals surface area contributed by atoms with E-state index in [4.69, 9.17) is 9.47 Å². The predicted molar refractivity (Wildman–Crippen MR) is 147 cm³/mol. The molecule has 3 aromatic rings. The fraction of sp³-hybridized carbons (Fsp3) is 0.429. The number of methoxy groups -OCH3 is 1. The molecule has 0 aliphatic carbocycles. The number of esters is 1. The standard InChI is InChI=1S/C28H34N6O7/c1-15-25(16(2)34(3)33-15)28(39)41-14-22(35)20(11-17-7-6-10-29-26(17)37)32-24(36)13-30-27(38)21-12-18-19(31-21)8-5-9-23(18)40-4/h5,8-9,12,17,20,31H,6-7,10-11,13-14H2,1-4H3,(H,29,37)(H,30,38)(H,32,36)/t17-,20-/m0/s1. The first-order chi connectivity index (χ1) is 19.6. The van der Waals surface area contributed by atoms with E-state index in [2.05, 4.69) is 26.0 Å². The Labute approximate surface area is 236 Å². The van der Waals surface area contributed by atoms with Gasteiger partial charge in [0, 0.05) is 36.1 Å². The van der Waals surface area contributed by atoms with Crippen molar-refractivity contribution in [1.29, 1.82) is 0 Å². The van der Waals surface area contributed by atoms with Crippen molar-refractivity contribution in [2.45, 2.75) is 39.2 Å². The van der Waals surface area contributed by atoms with Crippen molar-refractivity contribution >= 4 is 40.4 Å². The molecule has 2 atom stereocenters. The lowest BCUT2D eigenvalue weighted by Gasteiger charge is -2.26. The molecular weight excluding hydrogens is 532 g/mol. The summed E-state index contributed by atoms with van der Waals surface area (Å²) in [6, 6.07) is 5.87. The van der Waals surface area contributed by atoms with E-state index in [-0.39, 0.29) is 23.6 Å². The number of amides is 3. The van der Waals surface area contributed by atoms with Gasteiger partial charge in [-0.15, -0.1) is 0 Å². The van der Waals surface area contributed by atoms with E-state index in [1.165, 1.54) is 7.11 Å². The number of fused-ring (bicyclic) bond motifs is 1. The van der Waals surface area contributed by atoms with Gasteiger partial charge in [-0.25, -0.2) is 4.79 Å². The lowest BCUT2D eigenvalue weighted by Crippen LogP contribution is -2.49. The molecule has 41 heavy (non-hydrogen) atoms. The van der Waals surface area contributed by atoms with Crippen molar-refractivity contribution in [3.63, 3.8) is 0 Å². The van der Waals surface area contributed by atoms with E-state index in [0.29, 0.717) is 41.0 Å². The van der Waals surface area contributed by atoms with Crippen LogP contribution in [0.5, 0.6) is 5.75 Å². The maximum atomic E-state index is 13.1. The van der Waals surface area contributed by atoms with Crippen molar-refractivity contribution in [1.82, 2.24) is 30.7 Å². The van der Waals surface area contributed by atoms with Crippen LogP contribution in [0, 0.1) is 19.8 Å². The van der Waals surface area contributed by atoms with Crippen LogP contribution in [0.15, 0.2) is 24.3 Å². The quantitative estimate of drug-likeness (QED) is 0.250. The van der Waals surface area contributed by atoms with Crippen molar-refractivity contribution in [3.05, 3.63) is 46.9 Å². The molecule has 1 fully saturated rings. The zero-order chi connectivity index (χ0) is 29.7. The highest BCUT2D eigenvalue weighted by Gasteiger charge is 2.31. The molecule has 1 aliphatic rings. The number of aromatic nitrogens is 3. The Kier molecular flexibility index (Phi) is 9.05. The minimum Gasteiger partial charge on any atom is -0.496 e. The highest BCUT2D eigenvalue weighted by Crippen LogP contribution is 2.26. The van der Waals surface area contributed by atoms with Crippen LogP contribution in [0.4, 0.5) is 0 Å². The summed E-state index contributed by atoms with van der Waals surface area (Å²) in [5, 5.41) is 12.8. The number of rotatable bonds is 11. The third kappa shape index (κ3) is 6.73. The molecule has 0 unspecified atom stereocenters. The highest BCUT2D eigenvalue weighted by molar-refractivity contribution is 6.01. The third-order valence-electron chi connectivity index (χ3n) is 7.20. The molecule has 218 valence electrons. The maximum Gasteiger partial charge on any atom is 0.342 e. The lowest BCUT2D eigenvalue weighted by molar-refractivity contribution is -0.132. The summed E-state index contributed by atoms with van der Waals surface area (Å²) in [5.41, 5.74) is 2.26. The van der Waals surface area contributed by atoms with Crippen LogP contribution in [0.1, 0.15) is 51.5 Å². The monoisotopic (exact) mass is 566 g/mol. The Morgan fingerprint density at radius 1 is 1.22 bits per heavy atom. The van der Waals surface area contributed by atoms with E-state index in [0.717, 1.165) is 6.42 Å². The number of carbonyl (C=O) groups is 5. The Morgan fingerprint density at radius 3 is 2.68 bits per heavy atom. The summed E-state index contributed by atoms with van der Waals surface area (Å²) < 4.78 is 12.1. The third-order valence-corrected chi connectivity index (χ3v) is 7.20. The number of aryl methyl sites for hydroxylation is 2. The molecule has 0 radical (unpaired) electrons. The van der Waals surface area contributed by atoms with Crippen molar-refractivity contribution in [2.75, 3.05) is 26.8 Å². The summed E-state index contributed by atoms with van der Waals surface area (Å²) >= 11 is 0. The number of benzene rings is 1. The van der Waals surface area contributed by atoms with Gasteiger partial charge in [0.25, 0.3) is 5.91 Å². The molecule has 1 aromatic carbocycles. The average molecular weight is 567 g/mol. The number of hydrogen-bond donors (Lipinski definition) is 4. The maximum absolute atomic E-state index is 13.1. The molecule has 0 saturated carbocycles. The van der Waals surface area contributed by atoms with Gasteiger partial charge in [-0.05, 0) is 51.3 Å². The van der Waals surface area contributed by atoms with Gasteiger partial charge in [0.1, 0.15) is 17.0 Å². The molecule has 1 saturated heterocycles. The Morgan fingerprint density at radius 2 is 2.00 bits per heavy atom. The zero-order valence-corrected chi connectivity index (χ0v) is 23.5. The van der Waals surface area contributed by atoms with Crippen molar-refractivity contribution in [3.8, 4) is 5.75 Å². The largest absolute Gasteiger partial charge is 0.496 e. The first kappa shape index (κ1) is 29.3. The molecule has 0 bridgehead atoms. The molecular formula is C28H34N6O7. The number of hydrogen-bond acceptors (Lipinski definition) is 8. The molecule has 0 spiro atoms. The van der Waals surface area contributed by atoms with E-state index >= 15 is 0 Å². The number of carbonyl (C=O) groups excluding carboxylic acids is 5. The smallest absolute Gasteiger partial charge is 0.342 e. The van der Waals surface area contributed by atoms with E-state index < -0.39 is 48.7 Å². The van der Waals surface area contributed by atoms with Gasteiger partial charge in [-0.2, -0.15) is 5.10 Å². The minimum atomic E-state index is -1.10. The summed E-state index contributed by atoms with van der Waals surface area (Å²) in [5.74, 6) is -2.53. The number of Topliss-reactive ketones (excluding diaryl/α,β-unsaturated/α-hetero) is 1. The number of aromatic amines is 1. The summed E-state index contributed by atoms with van der Waals surface area (Å²) in [4.78, 5) is 66.7. The SMILES string of the molecule is COc1cccc2[nH]c(C(=O)NCC(=O)N[C@@H](C[C@@H]3CCCNC3=O)C(=O)COC(=O)c3c(C)nn(C)c3C)cc12. The normalized spacial score (nSPS) is 15.6. The van der Waals surface area contributed by atoms with Crippen LogP contribution in [0.2, 0.25) is 0 Å². The lowest BCUT2D eigenvalue weighted by atomic mass is 9.90. The van der Waals surface area contributed by atoms with Gasteiger partial charge in [0.15, 0.2) is 12.4 Å². The molecule has 3 heterocycles. The Bertz CT molecular complexity index is 1490. The molecule has 13 nitrogen and oxygen atoms in total. The number of ketones is 1. The second-order valence-electron chi connectivity index (χ2n) is 9.99. The van der Waals surface area contributed by atoms with Crippen LogP contribution >= 0.6 is 0 Å². The fourth-order valence-corrected chi connectivity index (χ4v) is 4.92. The second kappa shape index (κ2) is 12.7. The van der Waals surface area contributed by atoms with Crippen molar-refractivity contribution in [2.24, 2.45) is 13.0 Å². The molecule has 13 heteroatoms. The minimum absolute atomic E-state index is 0.0364. The number of nitrogens with one attached hydrogen (secondary N) is 4. The number of H-pyrrole nitrogens is 1. The van der Waals surface area contributed by atoms with Gasteiger partial charge in [0.05, 0.1) is 25.4 Å². The van der Waals surface area contributed by atoms with E-state index in [1.807, 2.05) is 0 Å². The summed E-state index contributed by atoms with van der Waals surface area (Å²) in [6.45, 7) is 2.91. The Hall–Kier alpha value is -4.68. The van der Waals surface area contributed by atoms with Gasteiger partial charge >= 0.3 is 5.97 Å². The number of piperidine rings is 1. The van der Waals surface area contributed by atoms with Gasteiger partial charge in [-0.1, -0.05) is 6.07 Å². The molecule has 4 N–H and O–H groups in total. The van der Waals surface area contributed by atoms with Gasteiger partial charge < -0.3 is 30.4 Å². The van der Waals surface area contributed by atoms with Crippen LogP contribution in [0.3, 0.4) is 0 Å². The van der Waals surface area contributed by atoms with E-state index in [9.17, 15) is 24.0 Å². The molecule has 2 aromatic heterocycles. The number of nitrogens with zero attached hydrogens (tertiary/aromatic N) is 2. The summed E-state index contributed by atoms with van der Waals surface area (Å²) in [7, 11) is 3.22. The first-order valence-electron chi connectivity index (χ1n) is 13.3. The summed E-state index contributed by atoms with van der Waals surface area (Å²) in [6.07, 6.45) is 1.33. The van der Waals surface area contributed by atoms with Crippen LogP contribution in [0.25, 0.3) is 10.9 Å². The topological polar surface area (TPSA) is 174 Å². The zero-order valence-electron chi connectivity index (χ0n) is 23.5. The highest BCUT2D eigenvalue weighted by atomic mass is 16.5. The van der Waals surface area contributed by atoms with Crippen molar-refractivity contribution < 1.29 is 33.4 Å². The average Bonchev–Trinajstić information content (AvgIpc) is 3.50. The van der Waals surface area contributed by atoms with Crippen LogP contribution in [-0.4, -0.2) is 77.1 Å². The predicted octanol–water partition coefficient (Wildman–Crippen LogP) is 1.08. The fourth-order valence-electron chi connectivity index (χ4n) is 4.92. The molecule has 1 aliphatic heterocycles. The molecule has 3 amide bonds. The van der Waals surface area contributed by atoms with E-state index in [1.54, 1.807) is 49.8 Å². The number of ether oxygens (including phenoxy) is 2. The van der Waals surface area contributed by atoms with Crippen LogP contribution in [-0.2, 0) is 26.2 Å². The van der Waals surface area contributed by atoms with Gasteiger partial charge in [0.2, 0.25) is 11.8 Å². The first-order valence-corrected chi connectivity index (χ1v) is 13.3. The van der Waals surface area contributed by atoms with Crippen LogP contribution < -0.4 is 20.7 Å². The Balaban J connectivity index is 1.39. The second-order valence-corrected chi connectivity index (χ2v) is 9.99. The van der Waals surface area contributed by atoms with Gasteiger partial charge in [-0.3, -0.25) is 23.9 Å².